The number of ketones is 1. The van der Waals surface area contributed by atoms with Crippen molar-refractivity contribution in [1.82, 2.24) is 0 Å². The first-order valence-corrected chi connectivity index (χ1v) is 5.78. The van der Waals surface area contributed by atoms with E-state index >= 15 is 0 Å². The van der Waals surface area contributed by atoms with Crippen molar-refractivity contribution < 1.29 is 27.7 Å². The lowest BCUT2D eigenvalue weighted by molar-refractivity contribution is -0.385. The number of nitrogens with zero attached hydrogens (tertiary/aromatic N) is 1. The molecule has 5 nitrogen and oxygen atoms in total. The third-order valence-corrected chi connectivity index (χ3v) is 2.73. The van der Waals surface area contributed by atoms with Crippen LogP contribution in [0.1, 0.15) is 26.3 Å². The van der Waals surface area contributed by atoms with Crippen LogP contribution in [0.3, 0.4) is 0 Å². The van der Waals surface area contributed by atoms with Crippen molar-refractivity contribution in [3.05, 3.63) is 38.9 Å². The molecule has 0 spiro atoms. The van der Waals surface area contributed by atoms with Crippen LogP contribution in [-0.2, 0) is 6.18 Å². The number of carbonyl (C=O) groups is 2. The predicted octanol–water partition coefficient (Wildman–Crippen LogP) is 3.00. The summed E-state index contributed by atoms with van der Waals surface area (Å²) in [4.78, 5) is 31.7. The number of hydrogen-bond donors (Lipinski definition) is 0. The molecular formula is C10H5BrF3NO4. The number of aldehydes is 1. The van der Waals surface area contributed by atoms with Gasteiger partial charge in [0.25, 0.3) is 5.69 Å². The standard InChI is InChI=1S/C10H5BrF3NO4/c11-3-9(17)6-1-5(15(18)19)2-8(7(6)4-16)10(12,13)14/h1-2,4H,3H2. The van der Waals surface area contributed by atoms with Crippen molar-refractivity contribution >= 4 is 33.7 Å². The Morgan fingerprint density at radius 2 is 2.00 bits per heavy atom. The molecular weight excluding hydrogens is 335 g/mol. The van der Waals surface area contributed by atoms with Crippen LogP contribution in [-0.4, -0.2) is 22.3 Å². The molecule has 0 fully saturated rings. The fourth-order valence-corrected chi connectivity index (χ4v) is 1.71. The van der Waals surface area contributed by atoms with Crippen molar-refractivity contribution in [3.8, 4) is 0 Å². The van der Waals surface area contributed by atoms with Gasteiger partial charge in [0.15, 0.2) is 12.1 Å². The number of rotatable bonds is 4. The molecule has 0 atom stereocenters. The highest BCUT2D eigenvalue weighted by Gasteiger charge is 2.37. The summed E-state index contributed by atoms with van der Waals surface area (Å²) in [6.07, 6.45) is -5.11. The molecule has 0 saturated heterocycles. The minimum atomic E-state index is -4.97. The van der Waals surface area contributed by atoms with Crippen molar-refractivity contribution in [2.45, 2.75) is 6.18 Å². The summed E-state index contributed by atoms with van der Waals surface area (Å²) < 4.78 is 38.2. The Bertz CT molecular complexity index is 556. The Kier molecular flexibility index (Phi) is 4.40. The zero-order valence-corrected chi connectivity index (χ0v) is 10.6. The Labute approximate surface area is 112 Å². The van der Waals surface area contributed by atoms with Gasteiger partial charge in [-0.1, -0.05) is 15.9 Å². The number of benzene rings is 1. The maximum Gasteiger partial charge on any atom is 0.417 e. The Morgan fingerprint density at radius 3 is 2.37 bits per heavy atom. The summed E-state index contributed by atoms with van der Waals surface area (Å²) in [6.45, 7) is 0. The Balaban J connectivity index is 3.71. The van der Waals surface area contributed by atoms with Crippen molar-refractivity contribution in [1.29, 1.82) is 0 Å². The van der Waals surface area contributed by atoms with Crippen LogP contribution in [0.4, 0.5) is 18.9 Å². The number of halogens is 4. The third kappa shape index (κ3) is 3.16. The second-order valence-corrected chi connectivity index (χ2v) is 3.94. The second kappa shape index (κ2) is 5.47. The average Bonchev–Trinajstić information content (AvgIpc) is 2.34. The Morgan fingerprint density at radius 1 is 1.42 bits per heavy atom. The van der Waals surface area contributed by atoms with Crippen LogP contribution in [0.2, 0.25) is 0 Å². The summed E-state index contributed by atoms with van der Waals surface area (Å²) in [6, 6.07) is 0.886. The number of nitro benzene ring substituents is 1. The summed E-state index contributed by atoms with van der Waals surface area (Å²) in [5, 5.41) is 10.2. The monoisotopic (exact) mass is 339 g/mol. The zero-order chi connectivity index (χ0) is 14.8. The predicted molar refractivity (Wildman–Crippen MR) is 61.6 cm³/mol. The number of non-ortho nitro benzene ring substituents is 1. The van der Waals surface area contributed by atoms with Crippen LogP contribution in [0.5, 0.6) is 0 Å². The minimum absolute atomic E-state index is 0.136. The van der Waals surface area contributed by atoms with E-state index in [1.807, 2.05) is 0 Å². The average molecular weight is 340 g/mol. The number of Topliss-reactive ketones (excluding diaryl/α,β-unsaturated/α-hetero) is 1. The molecule has 0 unspecified atom stereocenters. The van der Waals surface area contributed by atoms with Gasteiger partial charge in [0.05, 0.1) is 15.8 Å². The fraction of sp³-hybridized carbons (Fsp3) is 0.200. The molecule has 0 heterocycles. The van der Waals surface area contributed by atoms with E-state index in [4.69, 9.17) is 0 Å². The zero-order valence-electron chi connectivity index (χ0n) is 9.03. The van der Waals surface area contributed by atoms with Crippen molar-refractivity contribution in [2.75, 3.05) is 5.33 Å². The molecule has 102 valence electrons. The third-order valence-electron chi connectivity index (χ3n) is 2.22. The van der Waals surface area contributed by atoms with E-state index in [0.29, 0.717) is 6.07 Å². The first-order valence-electron chi connectivity index (χ1n) is 4.66. The number of carbonyl (C=O) groups excluding carboxylic acids is 2. The van der Waals surface area contributed by atoms with Crippen LogP contribution in [0.25, 0.3) is 0 Å². The SMILES string of the molecule is O=Cc1c(C(=O)CBr)cc([N+](=O)[O-])cc1C(F)(F)F. The summed E-state index contributed by atoms with van der Waals surface area (Å²) in [7, 11) is 0. The van der Waals surface area contributed by atoms with Gasteiger partial charge < -0.3 is 0 Å². The van der Waals surface area contributed by atoms with Gasteiger partial charge in [0.2, 0.25) is 0 Å². The minimum Gasteiger partial charge on any atom is -0.298 e. The highest BCUT2D eigenvalue weighted by molar-refractivity contribution is 9.09. The maximum absolute atomic E-state index is 12.7. The van der Waals surface area contributed by atoms with E-state index in [1.165, 1.54) is 0 Å². The molecule has 0 aromatic heterocycles. The van der Waals surface area contributed by atoms with Crippen LogP contribution < -0.4 is 0 Å². The summed E-state index contributed by atoms with van der Waals surface area (Å²) in [5.74, 6) is -0.851. The summed E-state index contributed by atoms with van der Waals surface area (Å²) in [5.41, 5.74) is -3.93. The van der Waals surface area contributed by atoms with Gasteiger partial charge in [-0.05, 0) is 0 Å². The lowest BCUT2D eigenvalue weighted by Gasteiger charge is -2.12. The lowest BCUT2D eigenvalue weighted by Crippen LogP contribution is -2.15. The van der Waals surface area contributed by atoms with Gasteiger partial charge in [0, 0.05) is 23.3 Å². The molecule has 1 aromatic rings. The smallest absolute Gasteiger partial charge is 0.298 e. The quantitative estimate of drug-likeness (QED) is 0.278. The van der Waals surface area contributed by atoms with Gasteiger partial charge in [-0.2, -0.15) is 13.2 Å². The van der Waals surface area contributed by atoms with Crippen LogP contribution in [0.15, 0.2) is 12.1 Å². The molecule has 0 aliphatic carbocycles. The highest BCUT2D eigenvalue weighted by Crippen LogP contribution is 2.35. The van der Waals surface area contributed by atoms with E-state index in [1.54, 1.807) is 0 Å². The second-order valence-electron chi connectivity index (χ2n) is 3.38. The summed E-state index contributed by atoms with van der Waals surface area (Å²) >= 11 is 2.73. The normalized spacial score (nSPS) is 11.2. The molecule has 9 heteroatoms. The van der Waals surface area contributed by atoms with Gasteiger partial charge in [-0.15, -0.1) is 0 Å². The molecule has 0 aliphatic heterocycles. The van der Waals surface area contributed by atoms with Crippen molar-refractivity contribution in [3.63, 3.8) is 0 Å². The molecule has 0 bridgehead atoms. The van der Waals surface area contributed by atoms with Gasteiger partial charge >= 0.3 is 6.18 Å². The number of hydrogen-bond acceptors (Lipinski definition) is 4. The topological polar surface area (TPSA) is 77.3 Å². The van der Waals surface area contributed by atoms with Crippen LogP contribution in [0, 0.1) is 10.1 Å². The highest BCUT2D eigenvalue weighted by atomic mass is 79.9. The number of alkyl halides is 4. The van der Waals surface area contributed by atoms with Gasteiger partial charge in [-0.3, -0.25) is 19.7 Å². The van der Waals surface area contributed by atoms with Crippen LogP contribution >= 0.6 is 15.9 Å². The Hall–Kier alpha value is -1.77. The fourth-order valence-electron chi connectivity index (χ4n) is 1.41. The van der Waals surface area contributed by atoms with E-state index in [-0.39, 0.29) is 17.7 Å². The first-order chi connectivity index (χ1) is 8.72. The van der Waals surface area contributed by atoms with E-state index < -0.39 is 39.3 Å². The number of nitro groups is 1. The van der Waals surface area contributed by atoms with E-state index in [0.717, 1.165) is 0 Å². The molecule has 19 heavy (non-hydrogen) atoms. The molecule has 0 N–H and O–H groups in total. The molecule has 1 aromatic carbocycles. The van der Waals surface area contributed by atoms with Gasteiger partial charge in [-0.25, -0.2) is 0 Å². The van der Waals surface area contributed by atoms with E-state index in [2.05, 4.69) is 15.9 Å². The van der Waals surface area contributed by atoms with Crippen molar-refractivity contribution in [2.24, 2.45) is 0 Å². The molecule has 0 saturated carbocycles. The first kappa shape index (κ1) is 15.3. The molecule has 1 rings (SSSR count). The molecule has 0 aliphatic rings. The van der Waals surface area contributed by atoms with Gasteiger partial charge in [0.1, 0.15) is 0 Å². The largest absolute Gasteiger partial charge is 0.417 e. The lowest BCUT2D eigenvalue weighted by atomic mass is 9.98. The maximum atomic E-state index is 12.7. The molecule has 0 amide bonds. The van der Waals surface area contributed by atoms with E-state index in [9.17, 15) is 32.9 Å². The molecule has 0 radical (unpaired) electrons.